The Labute approximate surface area is 158 Å². The maximum Gasteiger partial charge on any atom is 0.262 e. The molecule has 1 N–H and O–H groups in total. The summed E-state index contributed by atoms with van der Waals surface area (Å²) in [5.74, 6) is 0.592. The van der Waals surface area contributed by atoms with Crippen LogP contribution in [0.5, 0.6) is 0 Å². The third kappa shape index (κ3) is 5.85. The van der Waals surface area contributed by atoms with Crippen LogP contribution in [0.4, 0.5) is 0 Å². The number of fused-ring (bicyclic) bond motifs is 1. The van der Waals surface area contributed by atoms with Gasteiger partial charge in [0, 0.05) is 26.3 Å². The zero-order chi connectivity index (χ0) is 18.9. The van der Waals surface area contributed by atoms with Crippen LogP contribution in [0.25, 0.3) is 10.9 Å². The number of carbonyl (C=O) groups is 1. The summed E-state index contributed by atoms with van der Waals surface area (Å²) in [6.45, 7) is 8.46. The Morgan fingerprint density at radius 2 is 2.12 bits per heavy atom. The fourth-order valence-electron chi connectivity index (χ4n) is 2.42. The first-order chi connectivity index (χ1) is 12.5. The van der Waals surface area contributed by atoms with Crippen molar-refractivity contribution in [3.05, 3.63) is 34.6 Å². The predicted molar refractivity (Wildman–Crippen MR) is 106 cm³/mol. The number of nitrogens with zero attached hydrogens (tertiary/aromatic N) is 2. The molecule has 0 spiro atoms. The predicted octanol–water partition coefficient (Wildman–Crippen LogP) is 2.69. The molecule has 7 heteroatoms. The third-order valence-electron chi connectivity index (χ3n) is 3.74. The second-order valence-electron chi connectivity index (χ2n) is 6.41. The number of hydrogen-bond acceptors (Lipinski definition) is 5. The van der Waals surface area contributed by atoms with Crippen molar-refractivity contribution in [1.29, 1.82) is 0 Å². The fourth-order valence-corrected chi connectivity index (χ4v) is 3.28. The average Bonchev–Trinajstić information content (AvgIpc) is 2.63. The number of ether oxygens (including phenoxy) is 1. The van der Waals surface area contributed by atoms with Crippen molar-refractivity contribution in [3.63, 3.8) is 0 Å². The molecule has 0 aliphatic heterocycles. The van der Waals surface area contributed by atoms with Crippen molar-refractivity contribution >= 4 is 28.6 Å². The minimum absolute atomic E-state index is 0.0491. The Balaban J connectivity index is 2.18. The molecule has 1 aromatic carbocycles. The van der Waals surface area contributed by atoms with Gasteiger partial charge >= 0.3 is 0 Å². The molecule has 0 saturated carbocycles. The number of nitrogens with one attached hydrogen (secondary N) is 1. The molecule has 0 radical (unpaired) electrons. The van der Waals surface area contributed by atoms with Crippen molar-refractivity contribution in [2.75, 3.05) is 25.5 Å². The fraction of sp³-hybridized carbons (Fsp3) is 0.526. The Morgan fingerprint density at radius 3 is 2.85 bits per heavy atom. The van der Waals surface area contributed by atoms with Crippen LogP contribution < -0.4 is 10.9 Å². The maximum atomic E-state index is 12.8. The van der Waals surface area contributed by atoms with Crippen LogP contribution in [-0.2, 0) is 16.1 Å². The van der Waals surface area contributed by atoms with E-state index in [9.17, 15) is 9.59 Å². The summed E-state index contributed by atoms with van der Waals surface area (Å²) in [4.78, 5) is 29.5. The molecule has 142 valence electrons. The highest BCUT2D eigenvalue weighted by molar-refractivity contribution is 7.99. The molecule has 0 saturated heterocycles. The van der Waals surface area contributed by atoms with Gasteiger partial charge in [-0.3, -0.25) is 14.2 Å². The van der Waals surface area contributed by atoms with E-state index in [-0.39, 0.29) is 17.2 Å². The highest BCUT2D eigenvalue weighted by Gasteiger charge is 2.13. The van der Waals surface area contributed by atoms with Gasteiger partial charge in [0.05, 0.1) is 16.7 Å². The van der Waals surface area contributed by atoms with Crippen LogP contribution in [0.2, 0.25) is 0 Å². The highest BCUT2D eigenvalue weighted by Crippen LogP contribution is 2.18. The summed E-state index contributed by atoms with van der Waals surface area (Å²) in [6, 6.07) is 7.30. The van der Waals surface area contributed by atoms with Gasteiger partial charge in [-0.25, -0.2) is 4.98 Å². The van der Waals surface area contributed by atoms with E-state index in [4.69, 9.17) is 4.74 Å². The number of benzene rings is 1. The van der Waals surface area contributed by atoms with E-state index in [2.05, 4.69) is 10.3 Å². The zero-order valence-corrected chi connectivity index (χ0v) is 16.5. The van der Waals surface area contributed by atoms with E-state index in [0.717, 1.165) is 6.42 Å². The lowest BCUT2D eigenvalue weighted by Gasteiger charge is -2.13. The molecule has 2 aromatic rings. The molecule has 2 rings (SSSR count). The molecule has 0 aliphatic carbocycles. The Hall–Kier alpha value is -1.86. The molecule has 26 heavy (non-hydrogen) atoms. The number of carbonyl (C=O) groups excluding carboxylic acids is 1. The van der Waals surface area contributed by atoms with Crippen molar-refractivity contribution < 1.29 is 9.53 Å². The van der Waals surface area contributed by atoms with Gasteiger partial charge in [-0.2, -0.15) is 0 Å². The molecule has 0 aliphatic rings. The van der Waals surface area contributed by atoms with Crippen molar-refractivity contribution in [1.82, 2.24) is 14.9 Å². The van der Waals surface area contributed by atoms with Gasteiger partial charge in [0.2, 0.25) is 5.91 Å². The number of hydrogen-bond donors (Lipinski definition) is 1. The summed E-state index contributed by atoms with van der Waals surface area (Å²) in [6.07, 6.45) is 0.723. The van der Waals surface area contributed by atoms with Gasteiger partial charge in [0.1, 0.15) is 0 Å². The van der Waals surface area contributed by atoms with Gasteiger partial charge < -0.3 is 10.1 Å². The first-order valence-electron chi connectivity index (χ1n) is 8.99. The standard InChI is InChI=1S/C19H27N3O3S/c1-4-25-11-7-10-22-18(24)15-8-5-6-9-16(15)21-19(22)26-13-17(23)20-12-14(2)3/h5-6,8-9,14H,4,7,10-13H2,1-3H3,(H,20,23). The number of para-hydroxylation sites is 1. The van der Waals surface area contributed by atoms with E-state index in [1.54, 1.807) is 10.6 Å². The smallest absolute Gasteiger partial charge is 0.262 e. The first kappa shape index (κ1) is 20.5. The van der Waals surface area contributed by atoms with Gasteiger partial charge in [-0.15, -0.1) is 0 Å². The second kappa shape index (κ2) is 10.3. The van der Waals surface area contributed by atoms with Gasteiger partial charge in [-0.05, 0) is 31.4 Å². The lowest BCUT2D eigenvalue weighted by molar-refractivity contribution is -0.118. The van der Waals surface area contributed by atoms with Crippen molar-refractivity contribution in [2.24, 2.45) is 5.92 Å². The van der Waals surface area contributed by atoms with Crippen LogP contribution in [0, 0.1) is 5.92 Å². The van der Waals surface area contributed by atoms with Crippen molar-refractivity contribution in [2.45, 2.75) is 38.9 Å². The molecule has 0 atom stereocenters. The molecule has 0 unspecified atom stereocenters. The SMILES string of the molecule is CCOCCCn1c(SCC(=O)NCC(C)C)nc2ccccc2c1=O. The van der Waals surface area contributed by atoms with Crippen LogP contribution in [-0.4, -0.2) is 41.0 Å². The molecular weight excluding hydrogens is 350 g/mol. The number of amides is 1. The van der Waals surface area contributed by atoms with E-state index < -0.39 is 0 Å². The molecule has 1 aromatic heterocycles. The molecule has 1 heterocycles. The maximum absolute atomic E-state index is 12.8. The zero-order valence-electron chi connectivity index (χ0n) is 15.7. The lowest BCUT2D eigenvalue weighted by Crippen LogP contribution is -2.29. The molecule has 1 amide bonds. The normalized spacial score (nSPS) is 11.2. The quantitative estimate of drug-likeness (QED) is 0.391. The van der Waals surface area contributed by atoms with Crippen molar-refractivity contribution in [3.8, 4) is 0 Å². The first-order valence-corrected chi connectivity index (χ1v) is 9.98. The summed E-state index contributed by atoms with van der Waals surface area (Å²) >= 11 is 1.30. The Kier molecular flexibility index (Phi) is 8.12. The largest absolute Gasteiger partial charge is 0.382 e. The number of aromatic nitrogens is 2. The number of thioether (sulfide) groups is 1. The number of rotatable bonds is 10. The van der Waals surface area contributed by atoms with E-state index in [0.29, 0.717) is 48.3 Å². The van der Waals surface area contributed by atoms with Crippen LogP contribution in [0.3, 0.4) is 0 Å². The van der Waals surface area contributed by atoms with Crippen LogP contribution in [0.15, 0.2) is 34.2 Å². The summed E-state index contributed by atoms with van der Waals surface area (Å²) in [5.41, 5.74) is 0.584. The van der Waals surface area contributed by atoms with Crippen LogP contribution in [0.1, 0.15) is 27.2 Å². The summed E-state index contributed by atoms with van der Waals surface area (Å²) in [5, 5.41) is 4.06. The van der Waals surface area contributed by atoms with Gasteiger partial charge in [-0.1, -0.05) is 37.7 Å². The molecule has 0 bridgehead atoms. The molecule has 6 nitrogen and oxygen atoms in total. The minimum atomic E-state index is -0.0720. The Bertz CT molecular complexity index is 789. The summed E-state index contributed by atoms with van der Waals surface area (Å²) < 4.78 is 7.02. The topological polar surface area (TPSA) is 73.2 Å². The third-order valence-corrected chi connectivity index (χ3v) is 4.72. The molecular formula is C19H27N3O3S. The lowest BCUT2D eigenvalue weighted by atomic mass is 10.2. The van der Waals surface area contributed by atoms with E-state index >= 15 is 0 Å². The minimum Gasteiger partial charge on any atom is -0.382 e. The Morgan fingerprint density at radius 1 is 1.35 bits per heavy atom. The average molecular weight is 378 g/mol. The monoisotopic (exact) mass is 377 g/mol. The van der Waals surface area contributed by atoms with E-state index in [1.807, 2.05) is 39.0 Å². The summed E-state index contributed by atoms with van der Waals surface area (Å²) in [7, 11) is 0. The van der Waals surface area contributed by atoms with Crippen LogP contribution >= 0.6 is 11.8 Å². The molecule has 0 fully saturated rings. The van der Waals surface area contributed by atoms with E-state index in [1.165, 1.54) is 11.8 Å². The van der Waals surface area contributed by atoms with Gasteiger partial charge in [0.15, 0.2) is 5.16 Å². The highest BCUT2D eigenvalue weighted by atomic mass is 32.2. The van der Waals surface area contributed by atoms with Gasteiger partial charge in [0.25, 0.3) is 5.56 Å². The second-order valence-corrected chi connectivity index (χ2v) is 7.35.